The third-order valence-corrected chi connectivity index (χ3v) is 4.23. The van der Waals surface area contributed by atoms with Crippen LogP contribution in [0.3, 0.4) is 0 Å². The lowest BCUT2D eigenvalue weighted by atomic mass is 10.1. The molecule has 1 fully saturated rings. The van der Waals surface area contributed by atoms with Crippen molar-refractivity contribution in [1.82, 2.24) is 4.90 Å². The van der Waals surface area contributed by atoms with Gasteiger partial charge in [0.25, 0.3) is 0 Å². The Morgan fingerprint density at radius 3 is 2.94 bits per heavy atom. The largest absolute Gasteiger partial charge is 0.330 e. The van der Waals surface area contributed by atoms with Crippen molar-refractivity contribution in [3.8, 4) is 0 Å². The van der Waals surface area contributed by atoms with E-state index in [1.165, 1.54) is 12.5 Å². The average molecular weight is 254 g/mol. The third-order valence-electron chi connectivity index (χ3n) is 3.21. The molecule has 2 N–H and O–H groups in total. The normalized spacial score (nSPS) is 20.9. The highest BCUT2D eigenvalue weighted by atomic mass is 32.2. The zero-order valence-corrected chi connectivity index (χ0v) is 10.8. The molecule has 0 aromatic heterocycles. The molecule has 2 rings (SSSR count). The molecule has 0 bridgehead atoms. The summed E-state index contributed by atoms with van der Waals surface area (Å²) in [7, 11) is 0. The van der Waals surface area contributed by atoms with E-state index < -0.39 is 0 Å². The summed E-state index contributed by atoms with van der Waals surface area (Å²) in [5.41, 5.74) is 5.65. The van der Waals surface area contributed by atoms with Crippen LogP contribution in [0.4, 0.5) is 4.39 Å². The van der Waals surface area contributed by atoms with Crippen molar-refractivity contribution in [2.24, 2.45) is 11.7 Å². The molecule has 17 heavy (non-hydrogen) atoms. The van der Waals surface area contributed by atoms with E-state index in [0.717, 1.165) is 36.8 Å². The Hall–Kier alpha value is -0.580. The molecule has 0 saturated carbocycles. The quantitative estimate of drug-likeness (QED) is 0.817. The zero-order chi connectivity index (χ0) is 12.1. The van der Waals surface area contributed by atoms with Gasteiger partial charge < -0.3 is 10.6 Å². The maximum Gasteiger partial charge on any atom is 0.136 e. The number of nitrogens with zero attached hydrogens (tertiary/aromatic N) is 1. The number of likely N-dealkylation sites (tertiary alicyclic amines) is 1. The minimum atomic E-state index is -0.112. The van der Waals surface area contributed by atoms with Gasteiger partial charge in [-0.1, -0.05) is 12.1 Å². The number of nitrogens with two attached hydrogens (primary N) is 1. The van der Waals surface area contributed by atoms with E-state index in [9.17, 15) is 4.39 Å². The molecule has 0 radical (unpaired) electrons. The lowest BCUT2D eigenvalue weighted by Gasteiger charge is -2.15. The first kappa shape index (κ1) is 12.9. The molecule has 1 aromatic rings. The van der Waals surface area contributed by atoms with Crippen molar-refractivity contribution in [3.63, 3.8) is 0 Å². The molecule has 1 aromatic carbocycles. The molecule has 94 valence electrons. The fourth-order valence-corrected chi connectivity index (χ4v) is 3.10. The Morgan fingerprint density at radius 1 is 1.41 bits per heavy atom. The van der Waals surface area contributed by atoms with Crippen LogP contribution in [0.2, 0.25) is 0 Å². The molecular weight excluding hydrogens is 235 g/mol. The van der Waals surface area contributed by atoms with Gasteiger partial charge in [0.05, 0.1) is 0 Å². The first-order valence-corrected chi connectivity index (χ1v) is 7.08. The van der Waals surface area contributed by atoms with Crippen molar-refractivity contribution in [2.75, 3.05) is 31.9 Å². The summed E-state index contributed by atoms with van der Waals surface area (Å²) in [5.74, 6) is 1.49. The summed E-state index contributed by atoms with van der Waals surface area (Å²) >= 11 is 1.59. The molecule has 4 heteroatoms. The molecule has 1 saturated heterocycles. The lowest BCUT2D eigenvalue weighted by molar-refractivity contribution is 0.346. The summed E-state index contributed by atoms with van der Waals surface area (Å²) in [6.07, 6.45) is 1.21. The summed E-state index contributed by atoms with van der Waals surface area (Å²) < 4.78 is 13.4. The number of thioether (sulfide) groups is 1. The van der Waals surface area contributed by atoms with Gasteiger partial charge in [-0.05, 0) is 37.6 Å². The van der Waals surface area contributed by atoms with E-state index >= 15 is 0 Å². The molecule has 0 aliphatic carbocycles. The summed E-state index contributed by atoms with van der Waals surface area (Å²) in [6, 6.07) is 6.97. The van der Waals surface area contributed by atoms with Crippen molar-refractivity contribution < 1.29 is 4.39 Å². The number of halogens is 1. The van der Waals surface area contributed by atoms with Crippen LogP contribution in [-0.2, 0) is 0 Å². The van der Waals surface area contributed by atoms with E-state index in [2.05, 4.69) is 4.90 Å². The van der Waals surface area contributed by atoms with Gasteiger partial charge in [0, 0.05) is 23.7 Å². The third kappa shape index (κ3) is 3.69. The minimum Gasteiger partial charge on any atom is -0.330 e. The van der Waals surface area contributed by atoms with Crippen molar-refractivity contribution >= 4 is 11.8 Å². The van der Waals surface area contributed by atoms with Crippen LogP contribution < -0.4 is 5.73 Å². The van der Waals surface area contributed by atoms with Crippen LogP contribution in [0.15, 0.2) is 29.2 Å². The molecule has 0 spiro atoms. The first-order valence-electron chi connectivity index (χ1n) is 6.09. The highest BCUT2D eigenvalue weighted by Gasteiger charge is 2.20. The van der Waals surface area contributed by atoms with Crippen LogP contribution in [0.25, 0.3) is 0 Å². The monoisotopic (exact) mass is 254 g/mol. The fraction of sp³-hybridized carbons (Fsp3) is 0.538. The van der Waals surface area contributed by atoms with E-state index in [0.29, 0.717) is 5.92 Å². The van der Waals surface area contributed by atoms with Gasteiger partial charge in [-0.15, -0.1) is 11.8 Å². The van der Waals surface area contributed by atoms with Gasteiger partial charge in [-0.25, -0.2) is 4.39 Å². The number of benzene rings is 1. The molecule has 0 amide bonds. The predicted octanol–water partition coefficient (Wildman–Crippen LogP) is 2.20. The minimum absolute atomic E-state index is 0.112. The smallest absolute Gasteiger partial charge is 0.136 e. The second-order valence-electron chi connectivity index (χ2n) is 4.47. The highest BCUT2D eigenvalue weighted by Crippen LogP contribution is 2.22. The fourth-order valence-electron chi connectivity index (χ4n) is 2.15. The maximum atomic E-state index is 13.4. The van der Waals surface area contributed by atoms with Crippen LogP contribution >= 0.6 is 11.8 Å². The SMILES string of the molecule is NCC1CCN(CCSc2ccccc2F)C1. The van der Waals surface area contributed by atoms with Gasteiger partial charge >= 0.3 is 0 Å². The zero-order valence-electron chi connectivity index (χ0n) is 9.94. The standard InChI is InChI=1S/C13H19FN2S/c14-12-3-1-2-4-13(12)17-8-7-16-6-5-11(9-15)10-16/h1-4,11H,5-10,15H2. The molecule has 1 unspecified atom stereocenters. The molecule has 1 heterocycles. The summed E-state index contributed by atoms with van der Waals surface area (Å²) in [4.78, 5) is 3.17. The van der Waals surface area contributed by atoms with E-state index in [4.69, 9.17) is 5.73 Å². The van der Waals surface area contributed by atoms with Gasteiger partial charge in [-0.2, -0.15) is 0 Å². The van der Waals surface area contributed by atoms with Crippen LogP contribution in [0.5, 0.6) is 0 Å². The first-order chi connectivity index (χ1) is 8.29. The Kier molecular flexibility index (Phi) is 4.83. The highest BCUT2D eigenvalue weighted by molar-refractivity contribution is 7.99. The maximum absolute atomic E-state index is 13.4. The lowest BCUT2D eigenvalue weighted by Crippen LogP contribution is -2.25. The Balaban J connectivity index is 1.72. The molecule has 1 aliphatic rings. The van der Waals surface area contributed by atoms with Crippen LogP contribution in [0, 0.1) is 11.7 Å². The molecule has 1 aliphatic heterocycles. The van der Waals surface area contributed by atoms with Gasteiger partial charge in [-0.3, -0.25) is 0 Å². The predicted molar refractivity (Wildman–Crippen MR) is 70.7 cm³/mol. The van der Waals surface area contributed by atoms with Gasteiger partial charge in [0.15, 0.2) is 0 Å². The average Bonchev–Trinajstić information content (AvgIpc) is 2.80. The Labute approximate surface area is 106 Å². The van der Waals surface area contributed by atoms with E-state index in [1.807, 2.05) is 12.1 Å². The number of rotatable bonds is 5. The van der Waals surface area contributed by atoms with Crippen molar-refractivity contribution in [3.05, 3.63) is 30.1 Å². The topological polar surface area (TPSA) is 29.3 Å². The summed E-state index contributed by atoms with van der Waals surface area (Å²) in [6.45, 7) is 4.06. The second-order valence-corrected chi connectivity index (χ2v) is 5.61. The molecule has 2 nitrogen and oxygen atoms in total. The Bertz CT molecular complexity index is 359. The second kappa shape index (κ2) is 6.38. The van der Waals surface area contributed by atoms with E-state index in [-0.39, 0.29) is 5.82 Å². The number of hydrogen-bond acceptors (Lipinski definition) is 3. The van der Waals surface area contributed by atoms with Crippen molar-refractivity contribution in [2.45, 2.75) is 11.3 Å². The van der Waals surface area contributed by atoms with E-state index in [1.54, 1.807) is 17.8 Å². The molecular formula is C13H19FN2S. The van der Waals surface area contributed by atoms with Crippen LogP contribution in [-0.4, -0.2) is 36.8 Å². The molecule has 1 atom stereocenters. The Morgan fingerprint density at radius 2 is 2.24 bits per heavy atom. The number of hydrogen-bond donors (Lipinski definition) is 1. The van der Waals surface area contributed by atoms with Gasteiger partial charge in [0.2, 0.25) is 0 Å². The van der Waals surface area contributed by atoms with Gasteiger partial charge in [0.1, 0.15) is 5.82 Å². The summed E-state index contributed by atoms with van der Waals surface area (Å²) in [5, 5.41) is 0. The van der Waals surface area contributed by atoms with Crippen molar-refractivity contribution in [1.29, 1.82) is 0 Å². The van der Waals surface area contributed by atoms with Crippen LogP contribution in [0.1, 0.15) is 6.42 Å².